The van der Waals surface area contributed by atoms with E-state index in [1.54, 1.807) is 12.1 Å². The Morgan fingerprint density at radius 1 is 1.17 bits per heavy atom. The molecule has 18 heavy (non-hydrogen) atoms. The van der Waals surface area contributed by atoms with Crippen LogP contribution in [-0.4, -0.2) is 12.7 Å². The van der Waals surface area contributed by atoms with Gasteiger partial charge in [0, 0.05) is 5.02 Å². The third kappa shape index (κ3) is 3.28. The Morgan fingerprint density at radius 3 is 2.56 bits per heavy atom. The lowest BCUT2D eigenvalue weighted by atomic mass is 10.0. The molecule has 91 valence electrons. The van der Waals surface area contributed by atoms with Crippen LogP contribution in [0.5, 0.6) is 5.75 Å². The summed E-state index contributed by atoms with van der Waals surface area (Å²) in [6.45, 7) is 2.06. The van der Waals surface area contributed by atoms with E-state index in [2.05, 4.69) is 31.2 Å². The molecule has 0 amide bonds. The number of halogens is 1. The highest BCUT2D eigenvalue weighted by molar-refractivity contribution is 6.31. The van der Waals surface area contributed by atoms with Crippen LogP contribution in [0.25, 0.3) is 0 Å². The molecule has 0 saturated carbocycles. The summed E-state index contributed by atoms with van der Waals surface area (Å²) in [5.41, 5.74) is 3.39. The predicted octanol–water partition coefficient (Wildman–Crippen LogP) is 3.14. The van der Waals surface area contributed by atoms with Gasteiger partial charge < -0.3 is 9.68 Å². The molecule has 0 saturated heterocycles. The molecule has 0 heterocycles. The van der Waals surface area contributed by atoms with Crippen LogP contribution in [0.15, 0.2) is 42.5 Å². The molecule has 1 N–H and O–H groups in total. The number of benzene rings is 2. The van der Waals surface area contributed by atoms with Gasteiger partial charge in [0.2, 0.25) is 0 Å². The van der Waals surface area contributed by atoms with Crippen molar-refractivity contribution in [2.24, 2.45) is 0 Å². The van der Waals surface area contributed by atoms with Crippen LogP contribution < -0.4 is 4.65 Å². The molecule has 0 aromatic heterocycles. The molecular formula is C14H13BClO2. The maximum atomic E-state index is 8.62. The van der Waals surface area contributed by atoms with Crippen LogP contribution in [-0.2, 0) is 6.42 Å². The fourth-order valence-electron chi connectivity index (χ4n) is 1.75. The van der Waals surface area contributed by atoms with Crippen molar-refractivity contribution >= 4 is 19.3 Å². The van der Waals surface area contributed by atoms with Gasteiger partial charge in [0.1, 0.15) is 5.75 Å². The maximum Gasteiger partial charge on any atom is 0.569 e. The van der Waals surface area contributed by atoms with E-state index in [9.17, 15) is 0 Å². The maximum absolute atomic E-state index is 8.62. The molecule has 2 aromatic carbocycles. The first-order valence-corrected chi connectivity index (χ1v) is 6.03. The van der Waals surface area contributed by atoms with Gasteiger partial charge in [0.05, 0.1) is 0 Å². The lowest BCUT2D eigenvalue weighted by molar-refractivity contribution is 0.453. The smallest absolute Gasteiger partial charge is 0.537 e. The molecule has 0 spiro atoms. The average Bonchev–Trinajstić information content (AvgIpc) is 2.36. The lowest BCUT2D eigenvalue weighted by Crippen LogP contribution is -2.00. The summed E-state index contributed by atoms with van der Waals surface area (Å²) in [5.74, 6) is 0.573. The van der Waals surface area contributed by atoms with Gasteiger partial charge in [-0.25, -0.2) is 0 Å². The molecule has 0 fully saturated rings. The van der Waals surface area contributed by atoms with E-state index in [-0.39, 0.29) is 0 Å². The van der Waals surface area contributed by atoms with E-state index in [4.69, 9.17) is 21.3 Å². The van der Waals surface area contributed by atoms with Gasteiger partial charge in [-0.3, -0.25) is 0 Å². The van der Waals surface area contributed by atoms with Crippen LogP contribution in [0.1, 0.15) is 16.7 Å². The Labute approximate surface area is 112 Å². The van der Waals surface area contributed by atoms with Crippen molar-refractivity contribution in [2.75, 3.05) is 0 Å². The number of rotatable bonds is 4. The number of hydrogen-bond donors (Lipinski definition) is 1. The van der Waals surface area contributed by atoms with Crippen LogP contribution in [0.4, 0.5) is 0 Å². The van der Waals surface area contributed by atoms with E-state index in [1.807, 2.05) is 6.07 Å². The topological polar surface area (TPSA) is 29.5 Å². The Balaban J connectivity index is 2.22. The van der Waals surface area contributed by atoms with E-state index in [0.29, 0.717) is 18.5 Å². The molecule has 0 aliphatic rings. The largest absolute Gasteiger partial charge is 0.569 e. The molecule has 2 rings (SSSR count). The van der Waals surface area contributed by atoms with E-state index >= 15 is 0 Å². The summed E-state index contributed by atoms with van der Waals surface area (Å²) in [6, 6.07) is 13.6. The second-order valence-corrected chi connectivity index (χ2v) is 4.55. The van der Waals surface area contributed by atoms with Gasteiger partial charge in [0.15, 0.2) is 0 Å². The van der Waals surface area contributed by atoms with Crippen molar-refractivity contribution in [1.82, 2.24) is 0 Å². The Kier molecular flexibility index (Phi) is 4.29. The fraction of sp³-hybridized carbons (Fsp3) is 0.143. The average molecular weight is 260 g/mol. The fourth-order valence-corrected chi connectivity index (χ4v) is 1.93. The minimum atomic E-state index is 0.573. The summed E-state index contributed by atoms with van der Waals surface area (Å²) >= 11 is 6.15. The second kappa shape index (κ2) is 5.94. The first-order valence-electron chi connectivity index (χ1n) is 5.65. The second-order valence-electron chi connectivity index (χ2n) is 4.14. The van der Waals surface area contributed by atoms with Gasteiger partial charge >= 0.3 is 7.69 Å². The molecular weight excluding hydrogens is 246 g/mol. The molecule has 2 aromatic rings. The Morgan fingerprint density at radius 2 is 1.89 bits per heavy atom. The highest BCUT2D eigenvalue weighted by Crippen LogP contribution is 2.24. The Bertz CT molecular complexity index is 526. The third-order valence-corrected chi connectivity index (χ3v) is 3.09. The lowest BCUT2D eigenvalue weighted by Gasteiger charge is -2.08. The minimum Gasteiger partial charge on any atom is -0.537 e. The molecule has 2 nitrogen and oxygen atoms in total. The zero-order valence-electron chi connectivity index (χ0n) is 10.1. The zero-order valence-corrected chi connectivity index (χ0v) is 10.8. The van der Waals surface area contributed by atoms with Crippen molar-refractivity contribution in [1.29, 1.82) is 0 Å². The van der Waals surface area contributed by atoms with Gasteiger partial charge in [-0.05, 0) is 42.7 Å². The van der Waals surface area contributed by atoms with Crippen LogP contribution in [0, 0.1) is 6.92 Å². The van der Waals surface area contributed by atoms with Crippen molar-refractivity contribution in [2.45, 2.75) is 13.3 Å². The molecule has 0 unspecified atom stereocenters. The first kappa shape index (κ1) is 13.0. The molecule has 0 aliphatic carbocycles. The minimum absolute atomic E-state index is 0.573. The Hall–Kier alpha value is -1.45. The highest BCUT2D eigenvalue weighted by atomic mass is 35.5. The summed E-state index contributed by atoms with van der Waals surface area (Å²) in [6.07, 6.45) is 0.738. The van der Waals surface area contributed by atoms with Crippen molar-refractivity contribution in [3.63, 3.8) is 0 Å². The van der Waals surface area contributed by atoms with Crippen LogP contribution in [0.3, 0.4) is 0 Å². The summed E-state index contributed by atoms with van der Waals surface area (Å²) in [7, 11) is 0.666. The highest BCUT2D eigenvalue weighted by Gasteiger charge is 2.04. The summed E-state index contributed by atoms with van der Waals surface area (Å²) in [5, 5.41) is 9.32. The van der Waals surface area contributed by atoms with Gasteiger partial charge in [-0.15, -0.1) is 0 Å². The molecule has 1 radical (unpaired) electrons. The van der Waals surface area contributed by atoms with Gasteiger partial charge in [0.25, 0.3) is 0 Å². The molecule has 0 aliphatic heterocycles. The van der Waals surface area contributed by atoms with Gasteiger partial charge in [-0.2, -0.15) is 0 Å². The molecule has 0 atom stereocenters. The van der Waals surface area contributed by atoms with Crippen molar-refractivity contribution in [3.8, 4) is 5.75 Å². The van der Waals surface area contributed by atoms with Crippen LogP contribution >= 0.6 is 11.6 Å². The van der Waals surface area contributed by atoms with E-state index in [0.717, 1.165) is 12.0 Å². The standard InChI is InChI=1S/C14H13BClO2/c1-10-2-4-11(5-3-10)8-12-9-13(18-15-17)6-7-14(12)16/h2-7,9,17H,8H2,1H3. The molecule has 0 bridgehead atoms. The summed E-state index contributed by atoms with van der Waals surface area (Å²) < 4.78 is 4.93. The zero-order chi connectivity index (χ0) is 13.0. The first-order chi connectivity index (χ1) is 8.69. The van der Waals surface area contributed by atoms with E-state index in [1.165, 1.54) is 11.1 Å². The van der Waals surface area contributed by atoms with Crippen molar-refractivity contribution in [3.05, 3.63) is 64.2 Å². The molecule has 4 heteroatoms. The SMILES string of the molecule is Cc1ccc(Cc2cc(O[B]O)ccc2Cl)cc1. The predicted molar refractivity (Wildman–Crippen MR) is 74.0 cm³/mol. The van der Waals surface area contributed by atoms with Crippen LogP contribution in [0.2, 0.25) is 5.02 Å². The number of hydrogen-bond acceptors (Lipinski definition) is 2. The normalized spacial score (nSPS) is 10.2. The van der Waals surface area contributed by atoms with Crippen molar-refractivity contribution < 1.29 is 9.68 Å². The van der Waals surface area contributed by atoms with Gasteiger partial charge in [-0.1, -0.05) is 41.4 Å². The van der Waals surface area contributed by atoms with E-state index < -0.39 is 0 Å². The number of aryl methyl sites for hydroxylation is 1. The third-order valence-electron chi connectivity index (χ3n) is 2.72. The quantitative estimate of drug-likeness (QED) is 0.855. The summed E-state index contributed by atoms with van der Waals surface area (Å²) in [4.78, 5) is 0. The monoisotopic (exact) mass is 259 g/mol.